The van der Waals surface area contributed by atoms with E-state index in [1.165, 1.54) is 51.4 Å². The van der Waals surface area contributed by atoms with Crippen molar-refractivity contribution in [1.82, 2.24) is 5.32 Å². The van der Waals surface area contributed by atoms with Crippen LogP contribution in [0.5, 0.6) is 0 Å². The predicted molar refractivity (Wildman–Crippen MR) is 88.3 cm³/mol. The van der Waals surface area contributed by atoms with Crippen molar-refractivity contribution in [2.45, 2.75) is 77.2 Å². The monoisotopic (exact) mass is 273 g/mol. The van der Waals surface area contributed by atoms with Crippen molar-refractivity contribution in [3.8, 4) is 0 Å². The maximum atomic E-state index is 3.77. The highest BCUT2D eigenvalue weighted by Gasteiger charge is 2.19. The van der Waals surface area contributed by atoms with Crippen LogP contribution in [0.15, 0.2) is 24.3 Å². The molecule has 0 fully saturated rings. The number of fused-ring (bicyclic) bond motifs is 1. The first-order valence-electron chi connectivity index (χ1n) is 8.62. The van der Waals surface area contributed by atoms with Crippen LogP contribution in [0.4, 0.5) is 0 Å². The van der Waals surface area contributed by atoms with E-state index in [0.717, 1.165) is 12.5 Å². The summed E-state index contributed by atoms with van der Waals surface area (Å²) in [6, 6.07) is 9.71. The second-order valence-electron chi connectivity index (χ2n) is 6.45. The van der Waals surface area contributed by atoms with Gasteiger partial charge in [0.1, 0.15) is 0 Å². The van der Waals surface area contributed by atoms with Crippen LogP contribution in [0.2, 0.25) is 0 Å². The number of hydrogen-bond donors (Lipinski definition) is 1. The molecule has 1 aliphatic rings. The molecule has 1 heteroatoms. The molecule has 0 spiro atoms. The summed E-state index contributed by atoms with van der Waals surface area (Å²) in [6.45, 7) is 5.79. The van der Waals surface area contributed by atoms with Crippen molar-refractivity contribution < 1.29 is 0 Å². The Morgan fingerprint density at radius 2 is 2.05 bits per heavy atom. The van der Waals surface area contributed by atoms with Gasteiger partial charge >= 0.3 is 0 Å². The Balaban J connectivity index is 1.74. The van der Waals surface area contributed by atoms with Gasteiger partial charge in [-0.15, -0.1) is 0 Å². The second kappa shape index (κ2) is 8.46. The summed E-state index contributed by atoms with van der Waals surface area (Å²) in [7, 11) is 0. The molecule has 1 aromatic rings. The molecule has 2 atom stereocenters. The molecule has 0 bridgehead atoms. The molecule has 0 saturated heterocycles. The molecule has 0 heterocycles. The van der Waals surface area contributed by atoms with Crippen LogP contribution in [0.25, 0.3) is 0 Å². The third-order valence-corrected chi connectivity index (χ3v) is 4.70. The summed E-state index contributed by atoms with van der Waals surface area (Å²) in [5.74, 6) is 0.734. The zero-order chi connectivity index (χ0) is 14.2. The number of unbranched alkanes of at least 4 members (excludes halogenated alkanes) is 3. The van der Waals surface area contributed by atoms with Crippen LogP contribution in [-0.4, -0.2) is 12.6 Å². The molecule has 112 valence electrons. The molecule has 2 unspecified atom stereocenters. The highest BCUT2D eigenvalue weighted by atomic mass is 14.9. The van der Waals surface area contributed by atoms with E-state index < -0.39 is 0 Å². The topological polar surface area (TPSA) is 12.0 Å². The van der Waals surface area contributed by atoms with Crippen LogP contribution in [0, 0.1) is 0 Å². The van der Waals surface area contributed by atoms with Gasteiger partial charge < -0.3 is 5.32 Å². The lowest BCUT2D eigenvalue weighted by atomic mass is 9.83. The minimum atomic E-state index is 0.668. The summed E-state index contributed by atoms with van der Waals surface area (Å²) in [5, 5.41) is 3.77. The van der Waals surface area contributed by atoms with Gasteiger partial charge in [-0.2, -0.15) is 0 Å². The maximum Gasteiger partial charge on any atom is 0.00389 e. The molecule has 1 nitrogen and oxygen atoms in total. The Hall–Kier alpha value is -0.820. The first-order chi connectivity index (χ1) is 9.81. The molecular weight excluding hydrogens is 242 g/mol. The molecule has 1 N–H and O–H groups in total. The maximum absolute atomic E-state index is 3.77. The van der Waals surface area contributed by atoms with Crippen LogP contribution < -0.4 is 5.32 Å². The van der Waals surface area contributed by atoms with E-state index in [4.69, 9.17) is 0 Å². The van der Waals surface area contributed by atoms with Gasteiger partial charge in [0.25, 0.3) is 0 Å². The molecule has 0 saturated carbocycles. The summed E-state index contributed by atoms with van der Waals surface area (Å²) >= 11 is 0. The summed E-state index contributed by atoms with van der Waals surface area (Å²) in [5.41, 5.74) is 3.19. The first-order valence-corrected chi connectivity index (χ1v) is 8.62. The number of benzene rings is 1. The number of nitrogens with one attached hydrogen (secondary N) is 1. The van der Waals surface area contributed by atoms with Gasteiger partial charge in [-0.1, -0.05) is 56.9 Å². The Morgan fingerprint density at radius 1 is 1.20 bits per heavy atom. The Kier molecular flexibility index (Phi) is 6.59. The fourth-order valence-corrected chi connectivity index (χ4v) is 3.39. The predicted octanol–water partition coefficient (Wildman–Crippen LogP) is 5.06. The van der Waals surface area contributed by atoms with Crippen molar-refractivity contribution in [1.29, 1.82) is 0 Å². The lowest BCUT2D eigenvalue weighted by molar-refractivity contribution is 0.437. The van der Waals surface area contributed by atoms with E-state index in [1.807, 2.05) is 0 Å². The molecule has 0 aromatic heterocycles. The molecule has 0 radical (unpaired) electrons. The summed E-state index contributed by atoms with van der Waals surface area (Å²) in [4.78, 5) is 0. The van der Waals surface area contributed by atoms with E-state index in [1.54, 1.807) is 11.1 Å². The highest BCUT2D eigenvalue weighted by molar-refractivity contribution is 5.32. The quantitative estimate of drug-likeness (QED) is 0.653. The van der Waals surface area contributed by atoms with Crippen molar-refractivity contribution in [3.05, 3.63) is 35.4 Å². The van der Waals surface area contributed by atoms with Gasteiger partial charge in [0.15, 0.2) is 0 Å². The molecule has 1 aromatic carbocycles. The van der Waals surface area contributed by atoms with E-state index in [-0.39, 0.29) is 0 Å². The molecule has 20 heavy (non-hydrogen) atoms. The normalized spacial score (nSPS) is 19.6. The molecular formula is C19H31N. The first kappa shape index (κ1) is 15.6. The Morgan fingerprint density at radius 3 is 2.90 bits per heavy atom. The molecule has 2 rings (SSSR count). The highest BCUT2D eigenvalue weighted by Crippen LogP contribution is 2.30. The molecule has 0 aliphatic heterocycles. The fourth-order valence-electron chi connectivity index (χ4n) is 3.39. The van der Waals surface area contributed by atoms with Crippen LogP contribution in [0.3, 0.4) is 0 Å². The number of hydrogen-bond acceptors (Lipinski definition) is 1. The number of aryl methyl sites for hydroxylation is 1. The SMILES string of the molecule is CCCCCCC(C)NCC1CCCc2ccccc21. The largest absolute Gasteiger partial charge is 0.314 e. The van der Waals surface area contributed by atoms with Gasteiger partial charge in [-0.05, 0) is 49.7 Å². The minimum Gasteiger partial charge on any atom is -0.314 e. The van der Waals surface area contributed by atoms with Gasteiger partial charge in [-0.3, -0.25) is 0 Å². The van der Waals surface area contributed by atoms with Crippen molar-refractivity contribution in [2.75, 3.05) is 6.54 Å². The zero-order valence-electron chi connectivity index (χ0n) is 13.3. The minimum absolute atomic E-state index is 0.668. The van der Waals surface area contributed by atoms with Crippen molar-refractivity contribution in [3.63, 3.8) is 0 Å². The van der Waals surface area contributed by atoms with Crippen molar-refractivity contribution >= 4 is 0 Å². The summed E-state index contributed by atoms with van der Waals surface area (Å²) < 4.78 is 0. The smallest absolute Gasteiger partial charge is 0.00389 e. The average Bonchev–Trinajstić information content (AvgIpc) is 2.49. The fraction of sp³-hybridized carbons (Fsp3) is 0.684. The van der Waals surface area contributed by atoms with Crippen LogP contribution >= 0.6 is 0 Å². The number of rotatable bonds is 8. The van der Waals surface area contributed by atoms with Crippen LogP contribution in [-0.2, 0) is 6.42 Å². The Bertz CT molecular complexity index is 385. The average molecular weight is 273 g/mol. The van der Waals surface area contributed by atoms with E-state index >= 15 is 0 Å². The second-order valence-corrected chi connectivity index (χ2v) is 6.45. The van der Waals surface area contributed by atoms with E-state index in [9.17, 15) is 0 Å². The van der Waals surface area contributed by atoms with Crippen molar-refractivity contribution in [2.24, 2.45) is 0 Å². The van der Waals surface area contributed by atoms with Gasteiger partial charge in [0.2, 0.25) is 0 Å². The standard InChI is InChI=1S/C19H31N/c1-3-4-5-6-10-16(2)20-15-18-13-9-12-17-11-7-8-14-19(17)18/h7-8,11,14,16,18,20H,3-6,9-10,12-13,15H2,1-2H3. The third kappa shape index (κ3) is 4.63. The van der Waals surface area contributed by atoms with Crippen LogP contribution in [0.1, 0.15) is 75.8 Å². The van der Waals surface area contributed by atoms with E-state index in [2.05, 4.69) is 43.4 Å². The van der Waals surface area contributed by atoms with Gasteiger partial charge in [0, 0.05) is 12.6 Å². The van der Waals surface area contributed by atoms with Gasteiger partial charge in [0.05, 0.1) is 0 Å². The molecule has 1 aliphatic carbocycles. The zero-order valence-corrected chi connectivity index (χ0v) is 13.3. The van der Waals surface area contributed by atoms with E-state index in [0.29, 0.717) is 6.04 Å². The Labute approximate surface area is 125 Å². The molecule has 0 amide bonds. The van der Waals surface area contributed by atoms with Gasteiger partial charge in [-0.25, -0.2) is 0 Å². The third-order valence-electron chi connectivity index (χ3n) is 4.70. The lowest BCUT2D eigenvalue weighted by Crippen LogP contribution is -2.31. The summed E-state index contributed by atoms with van der Waals surface area (Å²) in [6.07, 6.45) is 10.8. The lowest BCUT2D eigenvalue weighted by Gasteiger charge is -2.27.